The molecule has 18 heavy (non-hydrogen) atoms. The molecule has 0 radical (unpaired) electrons. The molecule has 1 aliphatic rings. The van der Waals surface area contributed by atoms with Crippen LogP contribution in [0.15, 0.2) is 5.38 Å². The first-order valence-corrected chi connectivity index (χ1v) is 7.45. The summed E-state index contributed by atoms with van der Waals surface area (Å²) in [6.45, 7) is 5.76. The number of piperidine rings is 1. The van der Waals surface area contributed by atoms with Crippen molar-refractivity contribution in [2.24, 2.45) is 11.7 Å². The number of nitrogens with two attached hydrogens (primary N) is 1. The lowest BCUT2D eigenvalue weighted by atomic mass is 9.95. The predicted molar refractivity (Wildman–Crippen MR) is 73.8 cm³/mol. The topological polar surface area (TPSA) is 59.2 Å². The van der Waals surface area contributed by atoms with Crippen LogP contribution in [-0.2, 0) is 6.42 Å². The minimum absolute atomic E-state index is 0.0774. The number of carbonyl (C=O) groups is 1. The van der Waals surface area contributed by atoms with Crippen molar-refractivity contribution in [1.29, 1.82) is 0 Å². The summed E-state index contributed by atoms with van der Waals surface area (Å²) in [5.41, 5.74) is 6.09. The molecule has 0 aromatic carbocycles. The highest BCUT2D eigenvalue weighted by Crippen LogP contribution is 2.23. The summed E-state index contributed by atoms with van der Waals surface area (Å²) in [5, 5.41) is 2.82. The van der Waals surface area contributed by atoms with Gasteiger partial charge in [0.15, 0.2) is 0 Å². The summed E-state index contributed by atoms with van der Waals surface area (Å²) in [6.07, 6.45) is 3.05. The van der Waals surface area contributed by atoms with Crippen LogP contribution in [0.1, 0.15) is 42.2 Å². The van der Waals surface area contributed by atoms with E-state index in [1.807, 2.05) is 10.3 Å². The van der Waals surface area contributed by atoms with Gasteiger partial charge < -0.3 is 10.6 Å². The maximum Gasteiger partial charge on any atom is 0.273 e. The van der Waals surface area contributed by atoms with E-state index in [9.17, 15) is 4.79 Å². The number of carbonyl (C=O) groups excluding carboxylic acids is 1. The SMILES string of the molecule is CC1CCC(C)N(C(=O)c2csc(CCN)n2)C1. The predicted octanol–water partition coefficient (Wildman–Crippen LogP) is 1.90. The molecule has 1 amide bonds. The Morgan fingerprint density at radius 1 is 1.56 bits per heavy atom. The summed E-state index contributed by atoms with van der Waals surface area (Å²) in [4.78, 5) is 18.8. The first-order valence-electron chi connectivity index (χ1n) is 6.57. The Morgan fingerprint density at radius 2 is 2.33 bits per heavy atom. The Morgan fingerprint density at radius 3 is 3.06 bits per heavy atom. The van der Waals surface area contributed by atoms with Gasteiger partial charge in [0.25, 0.3) is 5.91 Å². The normalized spacial score (nSPS) is 24.3. The van der Waals surface area contributed by atoms with Crippen LogP contribution >= 0.6 is 11.3 Å². The highest BCUT2D eigenvalue weighted by Gasteiger charge is 2.28. The van der Waals surface area contributed by atoms with Gasteiger partial charge in [0, 0.05) is 24.4 Å². The van der Waals surface area contributed by atoms with E-state index in [2.05, 4.69) is 18.8 Å². The lowest BCUT2D eigenvalue weighted by Crippen LogP contribution is -2.45. The van der Waals surface area contributed by atoms with Gasteiger partial charge in [-0.25, -0.2) is 4.98 Å². The maximum atomic E-state index is 12.4. The summed E-state index contributed by atoms with van der Waals surface area (Å²) in [5.74, 6) is 0.667. The lowest BCUT2D eigenvalue weighted by Gasteiger charge is -2.36. The van der Waals surface area contributed by atoms with Crippen LogP contribution in [-0.4, -0.2) is 34.9 Å². The van der Waals surface area contributed by atoms with Crippen LogP contribution in [0.4, 0.5) is 0 Å². The van der Waals surface area contributed by atoms with Crippen molar-refractivity contribution >= 4 is 17.2 Å². The number of aromatic nitrogens is 1. The molecule has 2 atom stereocenters. The van der Waals surface area contributed by atoms with Gasteiger partial charge in [-0.3, -0.25) is 4.79 Å². The zero-order valence-corrected chi connectivity index (χ0v) is 11.9. The fourth-order valence-electron chi connectivity index (χ4n) is 2.37. The molecular weight excluding hydrogens is 246 g/mol. The standard InChI is InChI=1S/C13H21N3OS/c1-9-3-4-10(2)16(7-9)13(17)11-8-18-12(15-11)5-6-14/h8-10H,3-7,14H2,1-2H3. The first kappa shape index (κ1) is 13.5. The average molecular weight is 267 g/mol. The van der Waals surface area contributed by atoms with Gasteiger partial charge in [-0.15, -0.1) is 11.3 Å². The highest BCUT2D eigenvalue weighted by molar-refractivity contribution is 7.09. The Balaban J connectivity index is 2.09. The number of hydrogen-bond donors (Lipinski definition) is 1. The number of likely N-dealkylation sites (tertiary alicyclic amines) is 1. The van der Waals surface area contributed by atoms with Gasteiger partial charge in [-0.2, -0.15) is 0 Å². The van der Waals surface area contributed by atoms with E-state index in [0.717, 1.165) is 24.4 Å². The van der Waals surface area contributed by atoms with E-state index < -0.39 is 0 Å². The minimum Gasteiger partial charge on any atom is -0.334 e. The average Bonchev–Trinajstić information content (AvgIpc) is 2.80. The molecule has 2 heterocycles. The van der Waals surface area contributed by atoms with E-state index in [0.29, 0.717) is 24.2 Å². The zero-order valence-electron chi connectivity index (χ0n) is 11.1. The second-order valence-corrected chi connectivity index (χ2v) is 6.10. The van der Waals surface area contributed by atoms with Gasteiger partial charge >= 0.3 is 0 Å². The zero-order chi connectivity index (χ0) is 13.1. The van der Waals surface area contributed by atoms with Crippen LogP contribution in [0.3, 0.4) is 0 Å². The fraction of sp³-hybridized carbons (Fsp3) is 0.692. The van der Waals surface area contributed by atoms with E-state index in [-0.39, 0.29) is 5.91 Å². The number of thiazole rings is 1. The molecule has 1 aromatic heterocycles. The van der Waals surface area contributed by atoms with Gasteiger partial charge in [-0.1, -0.05) is 6.92 Å². The van der Waals surface area contributed by atoms with Gasteiger partial charge in [0.05, 0.1) is 5.01 Å². The lowest BCUT2D eigenvalue weighted by molar-refractivity contribution is 0.0568. The van der Waals surface area contributed by atoms with Crippen molar-refractivity contribution in [3.05, 3.63) is 16.1 Å². The van der Waals surface area contributed by atoms with Crippen molar-refractivity contribution < 1.29 is 4.79 Å². The van der Waals surface area contributed by atoms with Crippen LogP contribution in [0.5, 0.6) is 0 Å². The molecular formula is C13H21N3OS. The summed E-state index contributed by atoms with van der Waals surface area (Å²) in [6, 6.07) is 0.327. The highest BCUT2D eigenvalue weighted by atomic mass is 32.1. The van der Waals surface area contributed by atoms with Gasteiger partial charge in [0.2, 0.25) is 0 Å². The van der Waals surface area contributed by atoms with E-state index >= 15 is 0 Å². The molecule has 0 saturated carbocycles. The largest absolute Gasteiger partial charge is 0.334 e. The molecule has 1 saturated heterocycles. The molecule has 2 unspecified atom stereocenters. The molecule has 2 rings (SSSR count). The molecule has 4 nitrogen and oxygen atoms in total. The van der Waals surface area contributed by atoms with E-state index in [1.54, 1.807) is 0 Å². The summed E-state index contributed by atoms with van der Waals surface area (Å²) in [7, 11) is 0. The van der Waals surface area contributed by atoms with E-state index in [4.69, 9.17) is 5.73 Å². The maximum absolute atomic E-state index is 12.4. The molecule has 100 valence electrons. The van der Waals surface area contributed by atoms with Crippen molar-refractivity contribution in [1.82, 2.24) is 9.88 Å². The van der Waals surface area contributed by atoms with Gasteiger partial charge in [0.1, 0.15) is 5.69 Å². The molecule has 5 heteroatoms. The Bertz CT molecular complexity index is 418. The van der Waals surface area contributed by atoms with Crippen molar-refractivity contribution in [3.8, 4) is 0 Å². The molecule has 2 N–H and O–H groups in total. The first-order chi connectivity index (χ1) is 8.61. The molecule has 0 bridgehead atoms. The van der Waals surface area contributed by atoms with Crippen molar-refractivity contribution in [3.63, 3.8) is 0 Å². The second-order valence-electron chi connectivity index (χ2n) is 5.15. The third kappa shape index (κ3) is 2.90. The molecule has 1 aliphatic heterocycles. The van der Waals surface area contributed by atoms with E-state index in [1.165, 1.54) is 17.8 Å². The van der Waals surface area contributed by atoms with Crippen LogP contribution in [0, 0.1) is 5.92 Å². The van der Waals surface area contributed by atoms with Gasteiger partial charge in [-0.05, 0) is 32.2 Å². The number of rotatable bonds is 3. The smallest absolute Gasteiger partial charge is 0.273 e. The van der Waals surface area contributed by atoms with Crippen LogP contribution in [0.2, 0.25) is 0 Å². The molecule has 1 aromatic rings. The Labute approximate surface area is 112 Å². The second kappa shape index (κ2) is 5.80. The molecule has 1 fully saturated rings. The summed E-state index contributed by atoms with van der Waals surface area (Å²) >= 11 is 1.53. The molecule has 0 spiro atoms. The number of amides is 1. The fourth-order valence-corrected chi connectivity index (χ4v) is 3.15. The Hall–Kier alpha value is -0.940. The minimum atomic E-state index is 0.0774. The number of hydrogen-bond acceptors (Lipinski definition) is 4. The van der Waals surface area contributed by atoms with Crippen molar-refractivity contribution in [2.75, 3.05) is 13.1 Å². The molecule has 0 aliphatic carbocycles. The van der Waals surface area contributed by atoms with Crippen molar-refractivity contribution in [2.45, 2.75) is 39.2 Å². The third-order valence-electron chi connectivity index (χ3n) is 3.51. The van der Waals surface area contributed by atoms with Crippen LogP contribution < -0.4 is 5.73 Å². The third-order valence-corrected chi connectivity index (χ3v) is 4.42. The Kier molecular flexibility index (Phi) is 4.35. The monoisotopic (exact) mass is 267 g/mol. The summed E-state index contributed by atoms with van der Waals surface area (Å²) < 4.78 is 0. The van der Waals surface area contributed by atoms with Crippen LogP contribution in [0.25, 0.3) is 0 Å². The number of nitrogens with zero attached hydrogens (tertiary/aromatic N) is 2. The quantitative estimate of drug-likeness (QED) is 0.910.